The highest BCUT2D eigenvalue weighted by atomic mass is 32.2. The van der Waals surface area contributed by atoms with Crippen LogP contribution in [0.3, 0.4) is 0 Å². The van der Waals surface area contributed by atoms with Crippen molar-refractivity contribution < 1.29 is 23.1 Å². The molecule has 2 heterocycles. The number of imidazole rings is 1. The molecule has 3 aromatic rings. The Morgan fingerprint density at radius 2 is 1.71 bits per heavy atom. The van der Waals surface area contributed by atoms with Gasteiger partial charge in [-0.2, -0.15) is 4.72 Å². The van der Waals surface area contributed by atoms with Gasteiger partial charge in [0.1, 0.15) is 17.6 Å². The number of carboxylic acids is 1. The highest BCUT2D eigenvalue weighted by Gasteiger charge is 2.35. The molecule has 1 unspecified atom stereocenters. The molecule has 0 amide bonds. The van der Waals surface area contributed by atoms with Crippen LogP contribution in [0.1, 0.15) is 18.7 Å². The van der Waals surface area contributed by atoms with Crippen molar-refractivity contribution in [3.63, 3.8) is 0 Å². The highest BCUT2D eigenvalue weighted by molar-refractivity contribution is 7.89. The van der Waals surface area contributed by atoms with Crippen LogP contribution in [0, 0.1) is 5.92 Å². The van der Waals surface area contributed by atoms with Gasteiger partial charge >= 0.3 is 5.97 Å². The minimum absolute atomic E-state index is 0.0354. The van der Waals surface area contributed by atoms with Gasteiger partial charge in [-0.05, 0) is 67.2 Å². The second-order valence-corrected chi connectivity index (χ2v) is 10.5. The van der Waals surface area contributed by atoms with Crippen LogP contribution in [-0.2, 0) is 28.4 Å². The summed E-state index contributed by atoms with van der Waals surface area (Å²) >= 11 is 0. The standard InChI is InChI=1S/C25H30N4O5S/c1-28-16-13-26-23(28)17-29-14-11-20(12-15-29)24(25(30)31)27-35(32,33)22-9-5-19(6-10-22)18-3-7-21(34-2)8-4-18/h3-10,13,16,20,24,27H,11-12,14-15,17H2,1-2H3,(H,30,31). The summed E-state index contributed by atoms with van der Waals surface area (Å²) in [5.41, 5.74) is 1.77. The number of likely N-dealkylation sites (tertiary alicyclic amines) is 1. The molecule has 186 valence electrons. The number of ether oxygens (including phenoxy) is 1. The summed E-state index contributed by atoms with van der Waals surface area (Å²) in [6, 6.07) is 12.7. The number of hydrogen-bond donors (Lipinski definition) is 2. The van der Waals surface area contributed by atoms with E-state index in [2.05, 4.69) is 14.6 Å². The smallest absolute Gasteiger partial charge is 0.322 e. The molecule has 4 rings (SSSR count). The molecule has 2 N–H and O–H groups in total. The van der Waals surface area contributed by atoms with E-state index >= 15 is 0 Å². The fourth-order valence-electron chi connectivity index (χ4n) is 4.39. The van der Waals surface area contributed by atoms with Crippen LogP contribution in [0.2, 0.25) is 0 Å². The molecular formula is C25H30N4O5S. The summed E-state index contributed by atoms with van der Waals surface area (Å²) in [7, 11) is -0.468. The van der Waals surface area contributed by atoms with Gasteiger partial charge in [-0.1, -0.05) is 24.3 Å². The normalized spacial score (nSPS) is 16.2. The van der Waals surface area contributed by atoms with Crippen LogP contribution in [0.25, 0.3) is 11.1 Å². The Kier molecular flexibility index (Phi) is 7.54. The number of nitrogens with zero attached hydrogens (tertiary/aromatic N) is 3. The molecule has 1 atom stereocenters. The molecule has 0 saturated carbocycles. The second kappa shape index (κ2) is 10.6. The van der Waals surface area contributed by atoms with E-state index in [1.807, 2.05) is 42.1 Å². The number of carboxylic acid groups (broad SMARTS) is 1. The monoisotopic (exact) mass is 498 g/mol. The van der Waals surface area contributed by atoms with Crippen molar-refractivity contribution >= 4 is 16.0 Å². The van der Waals surface area contributed by atoms with Crippen molar-refractivity contribution in [3.8, 4) is 16.9 Å². The number of aliphatic carboxylic acids is 1. The number of carbonyl (C=O) groups is 1. The predicted octanol–water partition coefficient (Wildman–Crippen LogP) is 2.74. The van der Waals surface area contributed by atoms with E-state index in [1.165, 1.54) is 12.1 Å². The Labute approximate surface area is 205 Å². The Bertz CT molecular complexity index is 1250. The average Bonchev–Trinajstić information content (AvgIpc) is 3.27. The van der Waals surface area contributed by atoms with E-state index in [1.54, 1.807) is 25.4 Å². The maximum absolute atomic E-state index is 13.0. The lowest BCUT2D eigenvalue weighted by Gasteiger charge is -2.34. The Morgan fingerprint density at radius 1 is 1.11 bits per heavy atom. The van der Waals surface area contributed by atoms with E-state index in [4.69, 9.17) is 4.74 Å². The molecule has 1 aliphatic heterocycles. The molecule has 1 aliphatic rings. The zero-order valence-corrected chi connectivity index (χ0v) is 20.6. The molecule has 1 fully saturated rings. The quantitative estimate of drug-likeness (QED) is 0.466. The first-order chi connectivity index (χ1) is 16.8. The van der Waals surface area contributed by atoms with E-state index in [-0.39, 0.29) is 10.8 Å². The molecule has 10 heteroatoms. The van der Waals surface area contributed by atoms with Crippen molar-refractivity contribution in [1.82, 2.24) is 19.2 Å². The molecular weight excluding hydrogens is 468 g/mol. The van der Waals surface area contributed by atoms with Crippen molar-refractivity contribution in [1.29, 1.82) is 0 Å². The van der Waals surface area contributed by atoms with Gasteiger partial charge in [-0.25, -0.2) is 13.4 Å². The van der Waals surface area contributed by atoms with Gasteiger partial charge in [-0.3, -0.25) is 9.69 Å². The van der Waals surface area contributed by atoms with Gasteiger partial charge in [0, 0.05) is 19.4 Å². The van der Waals surface area contributed by atoms with Crippen LogP contribution in [-0.4, -0.2) is 60.2 Å². The first-order valence-electron chi connectivity index (χ1n) is 11.4. The zero-order chi connectivity index (χ0) is 25.0. The van der Waals surface area contributed by atoms with Crippen LogP contribution < -0.4 is 9.46 Å². The van der Waals surface area contributed by atoms with Crippen molar-refractivity contribution in [2.24, 2.45) is 13.0 Å². The third kappa shape index (κ3) is 5.90. The number of rotatable bonds is 9. The topological polar surface area (TPSA) is 114 Å². The molecule has 1 saturated heterocycles. The summed E-state index contributed by atoms with van der Waals surface area (Å²) in [6.07, 6.45) is 4.81. The number of hydrogen-bond acceptors (Lipinski definition) is 6. The molecule has 0 aliphatic carbocycles. The second-order valence-electron chi connectivity index (χ2n) is 8.76. The summed E-state index contributed by atoms with van der Waals surface area (Å²) < 4.78 is 35.6. The third-order valence-electron chi connectivity index (χ3n) is 6.53. The first-order valence-corrected chi connectivity index (χ1v) is 12.9. The molecule has 9 nitrogen and oxygen atoms in total. The Hall–Kier alpha value is -3.21. The summed E-state index contributed by atoms with van der Waals surface area (Å²) in [5.74, 6) is 0.223. The molecule has 0 spiro atoms. The summed E-state index contributed by atoms with van der Waals surface area (Å²) in [5, 5.41) is 9.82. The minimum atomic E-state index is -4.00. The molecule has 1 aromatic heterocycles. The van der Waals surface area contributed by atoms with E-state index in [9.17, 15) is 18.3 Å². The SMILES string of the molecule is COc1ccc(-c2ccc(S(=O)(=O)NC(C(=O)O)C3CCN(Cc4nccn4C)CC3)cc2)cc1. The fourth-order valence-corrected chi connectivity index (χ4v) is 5.64. The molecule has 2 aromatic carbocycles. The van der Waals surface area contributed by atoms with Crippen LogP contribution in [0.5, 0.6) is 5.75 Å². The van der Waals surface area contributed by atoms with Gasteiger partial charge in [0.25, 0.3) is 0 Å². The van der Waals surface area contributed by atoms with E-state index in [0.29, 0.717) is 32.5 Å². The number of piperidine rings is 1. The fraction of sp³-hybridized carbons (Fsp3) is 0.360. The predicted molar refractivity (Wildman–Crippen MR) is 131 cm³/mol. The van der Waals surface area contributed by atoms with Gasteiger partial charge in [0.2, 0.25) is 10.0 Å². The van der Waals surface area contributed by atoms with Crippen LogP contribution in [0.15, 0.2) is 65.8 Å². The van der Waals surface area contributed by atoms with Gasteiger partial charge < -0.3 is 14.4 Å². The minimum Gasteiger partial charge on any atom is -0.497 e. The lowest BCUT2D eigenvalue weighted by atomic mass is 9.90. The third-order valence-corrected chi connectivity index (χ3v) is 7.98. The number of nitrogens with one attached hydrogen (secondary N) is 1. The summed E-state index contributed by atoms with van der Waals surface area (Å²) in [4.78, 5) is 18.6. The largest absolute Gasteiger partial charge is 0.497 e. The lowest BCUT2D eigenvalue weighted by molar-refractivity contribution is -0.140. The van der Waals surface area contributed by atoms with Crippen molar-refractivity contribution in [2.45, 2.75) is 30.3 Å². The number of sulfonamides is 1. The number of methoxy groups -OCH3 is 1. The van der Waals surface area contributed by atoms with Gasteiger partial charge in [-0.15, -0.1) is 0 Å². The Balaban J connectivity index is 1.41. The zero-order valence-electron chi connectivity index (χ0n) is 19.8. The van der Waals surface area contributed by atoms with E-state index in [0.717, 1.165) is 22.7 Å². The maximum Gasteiger partial charge on any atom is 0.322 e. The van der Waals surface area contributed by atoms with Gasteiger partial charge in [0.15, 0.2) is 0 Å². The highest BCUT2D eigenvalue weighted by Crippen LogP contribution is 2.26. The van der Waals surface area contributed by atoms with Crippen LogP contribution in [0.4, 0.5) is 0 Å². The first kappa shape index (κ1) is 24.9. The number of aryl methyl sites for hydroxylation is 1. The molecule has 0 bridgehead atoms. The van der Waals surface area contributed by atoms with E-state index < -0.39 is 22.0 Å². The number of benzene rings is 2. The van der Waals surface area contributed by atoms with Gasteiger partial charge in [0.05, 0.1) is 18.6 Å². The molecule has 35 heavy (non-hydrogen) atoms. The Morgan fingerprint density at radius 3 is 2.23 bits per heavy atom. The summed E-state index contributed by atoms with van der Waals surface area (Å²) in [6.45, 7) is 2.04. The van der Waals surface area contributed by atoms with Crippen molar-refractivity contribution in [3.05, 3.63) is 66.7 Å². The lowest BCUT2D eigenvalue weighted by Crippen LogP contribution is -2.49. The molecule has 0 radical (unpaired) electrons. The van der Waals surface area contributed by atoms with Crippen molar-refractivity contribution in [2.75, 3.05) is 20.2 Å². The average molecular weight is 499 g/mol. The maximum atomic E-state index is 13.0. The van der Waals surface area contributed by atoms with Crippen LogP contribution >= 0.6 is 0 Å². The number of aromatic nitrogens is 2.